The molecule has 0 saturated heterocycles. The lowest BCUT2D eigenvalue weighted by atomic mass is 10.1. The van der Waals surface area contributed by atoms with Crippen LogP contribution in [0.3, 0.4) is 0 Å². The van der Waals surface area contributed by atoms with Gasteiger partial charge in [-0.05, 0) is 11.1 Å². The number of aliphatic hydroxyl groups is 1. The highest BCUT2D eigenvalue weighted by atomic mass is 31.2. The summed E-state index contributed by atoms with van der Waals surface area (Å²) in [6, 6.07) is 7.47. The van der Waals surface area contributed by atoms with Gasteiger partial charge in [-0.25, -0.2) is 0 Å². The molecule has 0 aliphatic heterocycles. The van der Waals surface area contributed by atoms with Gasteiger partial charge in [0, 0.05) is 7.11 Å². The second kappa shape index (κ2) is 8.75. The highest BCUT2D eigenvalue weighted by Crippen LogP contribution is 2.44. The van der Waals surface area contributed by atoms with Gasteiger partial charge in [0.2, 0.25) is 0 Å². The summed E-state index contributed by atoms with van der Waals surface area (Å²) in [7, 11) is -1.01. The van der Waals surface area contributed by atoms with Crippen LogP contribution < -0.4 is 15.2 Å². The van der Waals surface area contributed by atoms with E-state index in [0.717, 1.165) is 5.56 Å². The summed E-state index contributed by atoms with van der Waals surface area (Å²) in [6.07, 6.45) is -0.104. The quantitative estimate of drug-likeness (QED) is 0.427. The Labute approximate surface area is 166 Å². The molecule has 0 fully saturated rings. The van der Waals surface area contributed by atoms with Crippen molar-refractivity contribution in [2.24, 2.45) is 0 Å². The standard InChI is InChI=1S/C17H22N5O6P/c1-26-17-19-13-14(18)20-16(28-7-6-23)21-15(13)22(17)9-11-4-3-5-12(8-11)10-29(24,25)27-2/h3-5,8,23H,6-7,9-10H2,1-2H3,(H,24,25)(H2,18,20,21). The Morgan fingerprint density at radius 1 is 1.21 bits per heavy atom. The first-order valence-corrected chi connectivity index (χ1v) is 10.4. The van der Waals surface area contributed by atoms with E-state index in [1.165, 1.54) is 14.2 Å². The summed E-state index contributed by atoms with van der Waals surface area (Å²) in [5.41, 5.74) is 8.20. The molecule has 0 radical (unpaired) electrons. The molecule has 29 heavy (non-hydrogen) atoms. The van der Waals surface area contributed by atoms with Gasteiger partial charge in [-0.2, -0.15) is 15.0 Å². The van der Waals surface area contributed by atoms with Gasteiger partial charge in [-0.15, -0.1) is 0 Å². The van der Waals surface area contributed by atoms with Gasteiger partial charge in [0.25, 0.3) is 6.01 Å². The predicted molar refractivity (Wildman–Crippen MR) is 105 cm³/mol. The molecule has 0 aliphatic rings. The first kappa shape index (κ1) is 21.0. The van der Waals surface area contributed by atoms with Gasteiger partial charge in [0.05, 0.1) is 26.4 Å². The van der Waals surface area contributed by atoms with Gasteiger partial charge >= 0.3 is 13.6 Å². The molecule has 0 saturated carbocycles. The molecule has 3 rings (SSSR count). The van der Waals surface area contributed by atoms with E-state index in [1.807, 2.05) is 6.07 Å². The maximum atomic E-state index is 11.9. The predicted octanol–water partition coefficient (Wildman–Crippen LogP) is 1.17. The fourth-order valence-electron chi connectivity index (χ4n) is 2.79. The molecule has 0 amide bonds. The molecule has 12 heteroatoms. The van der Waals surface area contributed by atoms with Gasteiger partial charge < -0.3 is 29.7 Å². The number of fused-ring (bicyclic) bond motifs is 1. The zero-order valence-corrected chi connectivity index (χ0v) is 16.9. The Balaban J connectivity index is 1.99. The maximum absolute atomic E-state index is 11.9. The summed E-state index contributed by atoms with van der Waals surface area (Å²) >= 11 is 0. The van der Waals surface area contributed by atoms with Crippen molar-refractivity contribution < 1.29 is 28.6 Å². The molecule has 156 valence electrons. The Hall–Kier alpha value is -2.72. The van der Waals surface area contributed by atoms with Crippen LogP contribution in [0, 0.1) is 0 Å². The van der Waals surface area contributed by atoms with Gasteiger partial charge in [0.1, 0.15) is 6.61 Å². The zero-order valence-electron chi connectivity index (χ0n) is 16.0. The maximum Gasteiger partial charge on any atom is 0.332 e. The molecule has 1 atom stereocenters. The molecule has 1 unspecified atom stereocenters. The van der Waals surface area contributed by atoms with E-state index in [0.29, 0.717) is 23.3 Å². The third kappa shape index (κ3) is 4.83. The number of hydrogen-bond donors (Lipinski definition) is 3. The highest BCUT2D eigenvalue weighted by molar-refractivity contribution is 7.51. The Bertz CT molecular complexity index is 1060. The number of methoxy groups -OCH3 is 1. The zero-order chi connectivity index (χ0) is 21.0. The lowest BCUT2D eigenvalue weighted by molar-refractivity contribution is 0.192. The van der Waals surface area contributed by atoms with Crippen LogP contribution in [0.4, 0.5) is 5.82 Å². The van der Waals surface area contributed by atoms with E-state index in [-0.39, 0.29) is 37.2 Å². The molecular weight excluding hydrogens is 401 g/mol. The van der Waals surface area contributed by atoms with Crippen molar-refractivity contribution in [3.63, 3.8) is 0 Å². The minimum atomic E-state index is -3.68. The first-order chi connectivity index (χ1) is 13.9. The topological polar surface area (TPSA) is 155 Å². The molecule has 2 aromatic heterocycles. The Morgan fingerprint density at radius 3 is 2.66 bits per heavy atom. The van der Waals surface area contributed by atoms with Gasteiger partial charge in [0.15, 0.2) is 17.0 Å². The normalized spacial score (nSPS) is 13.4. The van der Waals surface area contributed by atoms with E-state index in [1.54, 1.807) is 22.8 Å². The number of aromatic nitrogens is 4. The van der Waals surface area contributed by atoms with Crippen molar-refractivity contribution >= 4 is 24.6 Å². The number of aliphatic hydroxyl groups excluding tert-OH is 1. The molecule has 0 spiro atoms. The smallest absolute Gasteiger partial charge is 0.332 e. The average molecular weight is 423 g/mol. The van der Waals surface area contributed by atoms with Crippen LogP contribution in [-0.4, -0.2) is 57.0 Å². The number of ether oxygens (including phenoxy) is 2. The third-order valence-electron chi connectivity index (χ3n) is 4.07. The summed E-state index contributed by atoms with van der Waals surface area (Å²) in [6.45, 7) is 0.151. The number of anilines is 1. The minimum absolute atomic E-state index is 0.0166. The number of benzene rings is 1. The largest absolute Gasteiger partial charge is 0.468 e. The molecule has 11 nitrogen and oxygen atoms in total. The fourth-order valence-corrected chi connectivity index (χ4v) is 3.57. The molecule has 0 aliphatic carbocycles. The molecule has 3 aromatic rings. The second-order valence-corrected chi connectivity index (χ2v) is 8.07. The van der Waals surface area contributed by atoms with Crippen LogP contribution >= 0.6 is 7.60 Å². The van der Waals surface area contributed by atoms with Crippen molar-refractivity contribution in [1.29, 1.82) is 0 Å². The van der Waals surface area contributed by atoms with Crippen molar-refractivity contribution in [2.75, 3.05) is 33.2 Å². The number of nitrogen functional groups attached to an aromatic ring is 1. The first-order valence-electron chi connectivity index (χ1n) is 8.63. The summed E-state index contributed by atoms with van der Waals surface area (Å²) in [4.78, 5) is 22.4. The highest BCUT2D eigenvalue weighted by Gasteiger charge is 2.20. The van der Waals surface area contributed by atoms with E-state index >= 15 is 0 Å². The Morgan fingerprint density at radius 2 is 1.97 bits per heavy atom. The average Bonchev–Trinajstić information content (AvgIpc) is 3.04. The van der Waals surface area contributed by atoms with E-state index in [4.69, 9.17) is 20.3 Å². The number of nitrogens with two attached hydrogens (primary N) is 1. The minimum Gasteiger partial charge on any atom is -0.468 e. The van der Waals surface area contributed by atoms with Gasteiger partial charge in [-0.1, -0.05) is 24.3 Å². The molecule has 2 heterocycles. The van der Waals surface area contributed by atoms with Crippen LogP contribution in [-0.2, 0) is 21.8 Å². The van der Waals surface area contributed by atoms with E-state index in [2.05, 4.69) is 19.5 Å². The SMILES string of the molecule is COc1nc2c(N)nc(OCCO)nc2n1Cc1cccc(CP(=O)(O)OC)c1. The number of nitrogens with zero attached hydrogens (tertiary/aromatic N) is 4. The Kier molecular flexibility index (Phi) is 6.33. The van der Waals surface area contributed by atoms with Crippen LogP contribution in [0.25, 0.3) is 11.2 Å². The third-order valence-corrected chi connectivity index (χ3v) is 5.41. The summed E-state index contributed by atoms with van der Waals surface area (Å²) in [5.74, 6) is 0.120. The summed E-state index contributed by atoms with van der Waals surface area (Å²) < 4.78 is 28.8. The van der Waals surface area contributed by atoms with E-state index in [9.17, 15) is 9.46 Å². The number of rotatable bonds is 9. The fraction of sp³-hybridized carbons (Fsp3) is 0.353. The molecule has 0 bridgehead atoms. The van der Waals surface area contributed by atoms with Crippen molar-refractivity contribution in [3.8, 4) is 12.0 Å². The molecule has 1 aromatic carbocycles. The summed E-state index contributed by atoms with van der Waals surface area (Å²) in [5, 5.41) is 8.93. The van der Waals surface area contributed by atoms with Crippen LogP contribution in [0.1, 0.15) is 11.1 Å². The van der Waals surface area contributed by atoms with Crippen LogP contribution in [0.15, 0.2) is 24.3 Å². The van der Waals surface area contributed by atoms with Crippen molar-refractivity contribution in [3.05, 3.63) is 35.4 Å². The van der Waals surface area contributed by atoms with Crippen LogP contribution in [0.5, 0.6) is 12.0 Å². The van der Waals surface area contributed by atoms with Gasteiger partial charge in [-0.3, -0.25) is 9.13 Å². The second-order valence-electron chi connectivity index (χ2n) is 6.12. The lowest BCUT2D eigenvalue weighted by Crippen LogP contribution is -2.08. The monoisotopic (exact) mass is 423 g/mol. The molecule has 4 N–H and O–H groups in total. The lowest BCUT2D eigenvalue weighted by Gasteiger charge is -2.11. The molecular formula is C17H22N5O6P. The van der Waals surface area contributed by atoms with E-state index < -0.39 is 7.60 Å². The van der Waals surface area contributed by atoms with Crippen molar-refractivity contribution in [2.45, 2.75) is 12.7 Å². The van der Waals surface area contributed by atoms with Crippen molar-refractivity contribution in [1.82, 2.24) is 19.5 Å². The van der Waals surface area contributed by atoms with Crippen LogP contribution in [0.2, 0.25) is 0 Å². The number of imidazole rings is 1. The number of hydrogen-bond acceptors (Lipinski definition) is 9.